The molecule has 0 unspecified atom stereocenters. The maximum atomic E-state index is 12.5. The Labute approximate surface area is 63.5 Å². The highest BCUT2D eigenvalue weighted by atomic mass is 19.1. The van der Waals surface area contributed by atoms with E-state index in [2.05, 4.69) is 0 Å². The van der Waals surface area contributed by atoms with Gasteiger partial charge in [-0.05, 0) is 18.6 Å². The Morgan fingerprint density at radius 3 is 2.64 bits per heavy atom. The van der Waals surface area contributed by atoms with Crippen LogP contribution < -0.4 is 0 Å². The Hall–Kier alpha value is -1.56. The zero-order valence-corrected chi connectivity index (χ0v) is 5.93. The van der Waals surface area contributed by atoms with E-state index in [1.165, 1.54) is 6.07 Å². The second-order valence-electron chi connectivity index (χ2n) is 2.20. The summed E-state index contributed by atoms with van der Waals surface area (Å²) >= 11 is 0. The van der Waals surface area contributed by atoms with Gasteiger partial charge in [0.05, 0.1) is 5.56 Å². The highest BCUT2D eigenvalue weighted by molar-refractivity contribution is 5.47. The predicted octanol–water partition coefficient (Wildman–Crippen LogP) is 1.71. The fourth-order valence-corrected chi connectivity index (χ4v) is 0.808. The minimum absolute atomic E-state index is 0.00463. The summed E-state index contributed by atoms with van der Waals surface area (Å²) in [5.41, 5.74) is 0.580. The first kappa shape index (κ1) is 7.55. The lowest BCUT2D eigenvalue weighted by molar-refractivity contribution is 0.430. The van der Waals surface area contributed by atoms with Gasteiger partial charge in [0.2, 0.25) is 0 Å². The van der Waals surface area contributed by atoms with Crippen molar-refractivity contribution < 1.29 is 9.50 Å². The second kappa shape index (κ2) is 2.59. The molecular formula is C8H6FNO. The van der Waals surface area contributed by atoms with Gasteiger partial charge in [0.25, 0.3) is 0 Å². The number of hydrogen-bond acceptors (Lipinski definition) is 2. The van der Waals surface area contributed by atoms with Crippen LogP contribution in [0.1, 0.15) is 11.1 Å². The molecule has 0 aliphatic rings. The van der Waals surface area contributed by atoms with E-state index in [-0.39, 0.29) is 5.56 Å². The Balaban J connectivity index is 3.44. The van der Waals surface area contributed by atoms with Crippen molar-refractivity contribution >= 4 is 0 Å². The van der Waals surface area contributed by atoms with Crippen LogP contribution in [0.25, 0.3) is 0 Å². The molecule has 0 amide bonds. The summed E-state index contributed by atoms with van der Waals surface area (Å²) in [6.07, 6.45) is 0. The number of benzene rings is 1. The molecule has 3 heteroatoms. The van der Waals surface area contributed by atoms with Gasteiger partial charge in [0.1, 0.15) is 6.07 Å². The van der Waals surface area contributed by atoms with E-state index in [0.29, 0.717) is 5.56 Å². The molecule has 0 aromatic heterocycles. The Kier molecular flexibility index (Phi) is 1.77. The van der Waals surface area contributed by atoms with Gasteiger partial charge in [-0.1, -0.05) is 6.07 Å². The standard InChI is InChI=1S/C8H6FNO/c1-5-2-3-7(9)8(11)6(5)4-10/h2-3,11H,1H3. The lowest BCUT2D eigenvalue weighted by Crippen LogP contribution is -1.86. The number of rotatable bonds is 0. The molecular weight excluding hydrogens is 145 g/mol. The van der Waals surface area contributed by atoms with Crippen molar-refractivity contribution in [3.05, 3.63) is 29.1 Å². The minimum atomic E-state index is -0.757. The third-order valence-corrected chi connectivity index (χ3v) is 1.45. The molecule has 0 radical (unpaired) electrons. The van der Waals surface area contributed by atoms with Gasteiger partial charge in [-0.2, -0.15) is 5.26 Å². The van der Waals surface area contributed by atoms with Crippen LogP contribution in [0.3, 0.4) is 0 Å². The molecule has 1 aromatic rings. The maximum Gasteiger partial charge on any atom is 0.169 e. The maximum absolute atomic E-state index is 12.5. The van der Waals surface area contributed by atoms with Crippen molar-refractivity contribution in [3.8, 4) is 11.8 Å². The lowest BCUT2D eigenvalue weighted by Gasteiger charge is -1.99. The Morgan fingerprint density at radius 1 is 1.55 bits per heavy atom. The molecule has 0 spiro atoms. The smallest absolute Gasteiger partial charge is 0.169 e. The number of nitriles is 1. The molecule has 56 valence electrons. The highest BCUT2D eigenvalue weighted by Crippen LogP contribution is 2.22. The van der Waals surface area contributed by atoms with Gasteiger partial charge in [0, 0.05) is 0 Å². The van der Waals surface area contributed by atoms with E-state index >= 15 is 0 Å². The molecule has 0 fully saturated rings. The van der Waals surface area contributed by atoms with Gasteiger partial charge in [0.15, 0.2) is 11.6 Å². The average Bonchev–Trinajstić information content (AvgIpc) is 1.99. The zero-order chi connectivity index (χ0) is 8.43. The Morgan fingerprint density at radius 2 is 2.18 bits per heavy atom. The molecule has 0 aliphatic heterocycles. The quantitative estimate of drug-likeness (QED) is 0.613. The molecule has 0 saturated heterocycles. The molecule has 0 aliphatic carbocycles. The molecule has 1 rings (SSSR count). The normalized spacial score (nSPS) is 9.18. The van der Waals surface area contributed by atoms with Crippen molar-refractivity contribution in [1.82, 2.24) is 0 Å². The lowest BCUT2D eigenvalue weighted by atomic mass is 10.1. The van der Waals surface area contributed by atoms with Crippen molar-refractivity contribution in [3.63, 3.8) is 0 Å². The van der Waals surface area contributed by atoms with Gasteiger partial charge in [-0.25, -0.2) is 4.39 Å². The van der Waals surface area contributed by atoms with Gasteiger partial charge >= 0.3 is 0 Å². The molecule has 2 nitrogen and oxygen atoms in total. The summed E-state index contributed by atoms with van der Waals surface area (Å²) in [6, 6.07) is 4.30. The fourth-order valence-electron chi connectivity index (χ4n) is 0.808. The summed E-state index contributed by atoms with van der Waals surface area (Å²) in [5.74, 6) is -1.32. The fraction of sp³-hybridized carbons (Fsp3) is 0.125. The number of nitrogens with zero attached hydrogens (tertiary/aromatic N) is 1. The van der Waals surface area contributed by atoms with Crippen LogP contribution >= 0.6 is 0 Å². The first-order valence-corrected chi connectivity index (χ1v) is 3.05. The van der Waals surface area contributed by atoms with E-state index in [4.69, 9.17) is 10.4 Å². The van der Waals surface area contributed by atoms with Crippen LogP contribution in [0.4, 0.5) is 4.39 Å². The van der Waals surface area contributed by atoms with E-state index in [0.717, 1.165) is 6.07 Å². The predicted molar refractivity (Wildman–Crippen MR) is 37.5 cm³/mol. The van der Waals surface area contributed by atoms with Gasteiger partial charge < -0.3 is 5.11 Å². The van der Waals surface area contributed by atoms with Crippen LogP contribution in [-0.2, 0) is 0 Å². The summed E-state index contributed by atoms with van der Waals surface area (Å²) in [6.45, 7) is 1.64. The average molecular weight is 151 g/mol. The van der Waals surface area contributed by atoms with Crippen molar-refractivity contribution in [2.75, 3.05) is 0 Å². The van der Waals surface area contributed by atoms with Crippen LogP contribution in [0.15, 0.2) is 12.1 Å². The van der Waals surface area contributed by atoms with E-state index in [1.54, 1.807) is 13.0 Å². The van der Waals surface area contributed by atoms with Crippen LogP contribution in [-0.4, -0.2) is 5.11 Å². The first-order valence-electron chi connectivity index (χ1n) is 3.05. The molecule has 11 heavy (non-hydrogen) atoms. The molecule has 0 bridgehead atoms. The highest BCUT2D eigenvalue weighted by Gasteiger charge is 2.08. The summed E-state index contributed by atoms with van der Waals surface area (Å²) in [5, 5.41) is 17.4. The molecule has 1 N–H and O–H groups in total. The van der Waals surface area contributed by atoms with Crippen LogP contribution in [0, 0.1) is 24.1 Å². The number of aromatic hydroxyl groups is 1. The summed E-state index contributed by atoms with van der Waals surface area (Å²) < 4.78 is 12.5. The van der Waals surface area contributed by atoms with E-state index in [9.17, 15) is 4.39 Å². The van der Waals surface area contributed by atoms with Crippen molar-refractivity contribution in [2.45, 2.75) is 6.92 Å². The topological polar surface area (TPSA) is 44.0 Å². The zero-order valence-electron chi connectivity index (χ0n) is 5.93. The van der Waals surface area contributed by atoms with Crippen LogP contribution in [0.2, 0.25) is 0 Å². The third-order valence-electron chi connectivity index (χ3n) is 1.45. The van der Waals surface area contributed by atoms with Crippen molar-refractivity contribution in [2.24, 2.45) is 0 Å². The SMILES string of the molecule is Cc1ccc(F)c(O)c1C#N. The van der Waals surface area contributed by atoms with E-state index < -0.39 is 11.6 Å². The number of halogens is 1. The molecule has 1 aromatic carbocycles. The largest absolute Gasteiger partial charge is 0.504 e. The van der Waals surface area contributed by atoms with Gasteiger partial charge in [-0.3, -0.25) is 0 Å². The summed E-state index contributed by atoms with van der Waals surface area (Å²) in [4.78, 5) is 0. The summed E-state index contributed by atoms with van der Waals surface area (Å²) in [7, 11) is 0. The van der Waals surface area contributed by atoms with Crippen molar-refractivity contribution in [1.29, 1.82) is 5.26 Å². The minimum Gasteiger partial charge on any atom is -0.504 e. The van der Waals surface area contributed by atoms with E-state index in [1.807, 2.05) is 0 Å². The number of phenols is 1. The number of hydrogen-bond donors (Lipinski definition) is 1. The molecule has 0 atom stereocenters. The monoisotopic (exact) mass is 151 g/mol. The number of phenolic OH excluding ortho intramolecular Hbond substituents is 1. The first-order chi connectivity index (χ1) is 5.16. The Bertz CT molecular complexity index is 328. The molecule has 0 saturated carbocycles. The number of aryl methyl sites for hydroxylation is 1. The van der Waals surface area contributed by atoms with Crippen LogP contribution in [0.5, 0.6) is 5.75 Å². The van der Waals surface area contributed by atoms with Gasteiger partial charge in [-0.15, -0.1) is 0 Å². The molecule has 0 heterocycles. The third kappa shape index (κ3) is 1.15. The second-order valence-corrected chi connectivity index (χ2v) is 2.20.